The van der Waals surface area contributed by atoms with Gasteiger partial charge in [0.2, 0.25) is 0 Å². The summed E-state index contributed by atoms with van der Waals surface area (Å²) in [7, 11) is 0. The molecule has 0 saturated heterocycles. The van der Waals surface area contributed by atoms with E-state index in [9.17, 15) is 23.1 Å². The minimum atomic E-state index is -4.78. The molecule has 0 atom stereocenters. The summed E-state index contributed by atoms with van der Waals surface area (Å²) in [5, 5.41) is 8.71. The lowest BCUT2D eigenvalue weighted by atomic mass is 10.1. The van der Waals surface area contributed by atoms with E-state index in [1.807, 2.05) is 0 Å². The van der Waals surface area contributed by atoms with Crippen LogP contribution in [0.4, 0.5) is 13.2 Å². The van der Waals surface area contributed by atoms with E-state index in [1.54, 1.807) is 6.92 Å². The van der Waals surface area contributed by atoms with Crippen LogP contribution in [-0.4, -0.2) is 22.7 Å². The first-order chi connectivity index (χ1) is 9.68. The molecular weight excluding hydrogens is 311 g/mol. The highest BCUT2D eigenvalue weighted by Crippen LogP contribution is 2.44. The monoisotopic (exact) mass is 321 g/mol. The van der Waals surface area contributed by atoms with Crippen molar-refractivity contribution in [3.05, 3.63) is 27.9 Å². The Morgan fingerprint density at radius 3 is 2.62 bits per heavy atom. The third-order valence-electron chi connectivity index (χ3n) is 2.96. The molecule has 4 nitrogen and oxygen atoms in total. The molecule has 0 radical (unpaired) electrons. The van der Waals surface area contributed by atoms with E-state index in [0.717, 1.165) is 6.07 Å². The second-order valence-electron chi connectivity index (χ2n) is 4.35. The first kappa shape index (κ1) is 15.5. The zero-order valence-electron chi connectivity index (χ0n) is 11.1. The fourth-order valence-corrected chi connectivity index (χ4v) is 2.41. The maximum Gasteiger partial charge on any atom is 0.420 e. The number of aromatic nitrogens is 1. The zero-order valence-corrected chi connectivity index (χ0v) is 11.8. The molecule has 0 aliphatic rings. The highest BCUT2D eigenvalue weighted by Gasteiger charge is 2.38. The summed E-state index contributed by atoms with van der Waals surface area (Å²) in [6.07, 6.45) is -4.78. The van der Waals surface area contributed by atoms with Crippen molar-refractivity contribution in [2.45, 2.75) is 20.0 Å². The second-order valence-corrected chi connectivity index (χ2v) is 4.73. The normalized spacial score (nSPS) is 11.9. The summed E-state index contributed by atoms with van der Waals surface area (Å²) in [6.45, 7) is 3.10. The number of nitrogens with one attached hydrogen (secondary N) is 1. The molecule has 21 heavy (non-hydrogen) atoms. The Morgan fingerprint density at radius 1 is 1.48 bits per heavy atom. The van der Waals surface area contributed by atoms with Gasteiger partial charge in [-0.1, -0.05) is 11.6 Å². The number of phenols is 1. The average Bonchev–Trinajstić information content (AvgIpc) is 2.64. The quantitative estimate of drug-likeness (QED) is 0.821. The van der Waals surface area contributed by atoms with Crippen molar-refractivity contribution in [2.75, 3.05) is 6.61 Å². The molecule has 0 fully saturated rings. The molecule has 0 bridgehead atoms. The predicted octanol–water partition coefficient (Wildman–Crippen LogP) is 4.03. The summed E-state index contributed by atoms with van der Waals surface area (Å²) in [5.74, 6) is -1.52. The van der Waals surface area contributed by atoms with Gasteiger partial charge in [-0.25, -0.2) is 4.79 Å². The first-order valence-electron chi connectivity index (χ1n) is 5.96. The van der Waals surface area contributed by atoms with Crippen molar-refractivity contribution in [3.63, 3.8) is 0 Å². The summed E-state index contributed by atoms with van der Waals surface area (Å²) in [5.41, 5.74) is -1.41. The van der Waals surface area contributed by atoms with Crippen LogP contribution in [0.2, 0.25) is 5.02 Å². The van der Waals surface area contributed by atoms with Crippen molar-refractivity contribution in [2.24, 2.45) is 0 Å². The Morgan fingerprint density at radius 2 is 2.10 bits per heavy atom. The molecule has 0 unspecified atom stereocenters. The van der Waals surface area contributed by atoms with Crippen molar-refractivity contribution in [1.29, 1.82) is 0 Å². The minimum Gasteiger partial charge on any atom is -0.506 e. The van der Waals surface area contributed by atoms with E-state index >= 15 is 0 Å². The smallest absolute Gasteiger partial charge is 0.420 e. The van der Waals surface area contributed by atoms with E-state index in [4.69, 9.17) is 16.3 Å². The van der Waals surface area contributed by atoms with Gasteiger partial charge in [0.05, 0.1) is 22.7 Å². The summed E-state index contributed by atoms with van der Waals surface area (Å²) in [4.78, 5) is 14.4. The Hall–Kier alpha value is -1.89. The van der Waals surface area contributed by atoms with Crippen LogP contribution in [0.3, 0.4) is 0 Å². The van der Waals surface area contributed by atoms with Crippen LogP contribution in [0.1, 0.15) is 28.5 Å². The first-order valence-corrected chi connectivity index (χ1v) is 6.34. The number of rotatable bonds is 2. The lowest BCUT2D eigenvalue weighted by molar-refractivity contribution is -0.136. The average molecular weight is 322 g/mol. The molecule has 0 aliphatic heterocycles. The number of esters is 1. The van der Waals surface area contributed by atoms with Crippen molar-refractivity contribution in [1.82, 2.24) is 4.98 Å². The van der Waals surface area contributed by atoms with Gasteiger partial charge in [-0.15, -0.1) is 0 Å². The second kappa shape index (κ2) is 5.14. The number of alkyl halides is 3. The summed E-state index contributed by atoms with van der Waals surface area (Å²) < 4.78 is 44.2. The number of carbonyl (C=O) groups is 1. The number of phenolic OH excluding ortho intramolecular Hbond substituents is 1. The third-order valence-corrected chi connectivity index (χ3v) is 3.35. The molecule has 1 heterocycles. The molecule has 114 valence electrons. The molecular formula is C13H11ClF3NO3. The van der Waals surface area contributed by atoms with E-state index < -0.39 is 28.5 Å². The van der Waals surface area contributed by atoms with Crippen LogP contribution in [0.5, 0.6) is 5.75 Å². The van der Waals surface area contributed by atoms with Gasteiger partial charge in [-0.3, -0.25) is 0 Å². The van der Waals surface area contributed by atoms with Gasteiger partial charge in [-0.05, 0) is 19.9 Å². The van der Waals surface area contributed by atoms with Crippen LogP contribution in [0.25, 0.3) is 10.9 Å². The number of aryl methyl sites for hydroxylation is 1. The van der Waals surface area contributed by atoms with Crippen LogP contribution >= 0.6 is 11.6 Å². The van der Waals surface area contributed by atoms with E-state index in [0.29, 0.717) is 0 Å². The van der Waals surface area contributed by atoms with Crippen LogP contribution in [0.15, 0.2) is 6.07 Å². The number of hydrogen-bond donors (Lipinski definition) is 2. The minimum absolute atomic E-state index is 0.0516. The van der Waals surface area contributed by atoms with Crippen LogP contribution in [-0.2, 0) is 10.9 Å². The predicted molar refractivity (Wildman–Crippen MR) is 70.7 cm³/mol. The standard InChI is InChI=1S/C13H11ClF3NO3/c1-3-21-12(20)8-5(2)18-11-6(8)4-7(19)10(14)9(11)13(15,16)17/h4,18-19H,3H2,1-2H3. The molecule has 0 saturated carbocycles. The highest BCUT2D eigenvalue weighted by atomic mass is 35.5. The lowest BCUT2D eigenvalue weighted by Crippen LogP contribution is -2.08. The largest absolute Gasteiger partial charge is 0.506 e. The Labute approximate surface area is 122 Å². The van der Waals surface area contributed by atoms with Crippen molar-refractivity contribution < 1.29 is 27.8 Å². The third kappa shape index (κ3) is 2.53. The number of halogens is 4. The van der Waals surface area contributed by atoms with E-state index in [-0.39, 0.29) is 28.8 Å². The van der Waals surface area contributed by atoms with Gasteiger partial charge in [0, 0.05) is 11.1 Å². The summed E-state index contributed by atoms with van der Waals surface area (Å²) >= 11 is 5.55. The lowest BCUT2D eigenvalue weighted by Gasteiger charge is -2.11. The summed E-state index contributed by atoms with van der Waals surface area (Å²) in [6, 6.07) is 1.02. The maximum atomic E-state index is 13.1. The Balaban J connectivity index is 2.86. The molecule has 2 aromatic rings. The number of benzene rings is 1. The Bertz CT molecular complexity index is 722. The number of H-pyrrole nitrogens is 1. The van der Waals surface area contributed by atoms with Crippen molar-refractivity contribution in [3.8, 4) is 5.75 Å². The van der Waals surface area contributed by atoms with Crippen LogP contribution in [0, 0.1) is 6.92 Å². The fourth-order valence-electron chi connectivity index (χ4n) is 2.16. The number of ether oxygens (including phenoxy) is 1. The Kier molecular flexibility index (Phi) is 3.79. The fraction of sp³-hybridized carbons (Fsp3) is 0.308. The van der Waals surface area contributed by atoms with Gasteiger partial charge in [-0.2, -0.15) is 13.2 Å². The number of fused-ring (bicyclic) bond motifs is 1. The van der Waals surface area contributed by atoms with Gasteiger partial charge >= 0.3 is 12.1 Å². The van der Waals surface area contributed by atoms with Crippen LogP contribution < -0.4 is 0 Å². The SMILES string of the molecule is CCOC(=O)c1c(C)[nH]c2c(C(F)(F)F)c(Cl)c(O)cc12. The number of aromatic amines is 1. The van der Waals surface area contributed by atoms with Gasteiger partial charge in [0.15, 0.2) is 0 Å². The van der Waals surface area contributed by atoms with Gasteiger partial charge in [0.25, 0.3) is 0 Å². The zero-order chi connectivity index (χ0) is 15.9. The molecule has 0 amide bonds. The molecule has 0 aliphatic carbocycles. The molecule has 0 spiro atoms. The number of aromatic hydroxyl groups is 1. The molecule has 8 heteroatoms. The molecule has 1 aromatic heterocycles. The molecule has 2 rings (SSSR count). The maximum absolute atomic E-state index is 13.1. The molecule has 1 aromatic carbocycles. The number of carbonyl (C=O) groups excluding carboxylic acids is 1. The van der Waals surface area contributed by atoms with E-state index in [2.05, 4.69) is 4.98 Å². The highest BCUT2D eigenvalue weighted by molar-refractivity contribution is 6.34. The van der Waals surface area contributed by atoms with Crippen molar-refractivity contribution >= 4 is 28.5 Å². The number of hydrogen-bond acceptors (Lipinski definition) is 3. The van der Waals surface area contributed by atoms with E-state index in [1.165, 1.54) is 6.92 Å². The molecule has 2 N–H and O–H groups in total. The van der Waals surface area contributed by atoms with Gasteiger partial charge < -0.3 is 14.8 Å². The topological polar surface area (TPSA) is 62.3 Å². The van der Waals surface area contributed by atoms with Gasteiger partial charge in [0.1, 0.15) is 11.3 Å².